The molecule has 1 amide bonds. The summed E-state index contributed by atoms with van der Waals surface area (Å²) in [6.45, 7) is 9.84. The first-order valence-corrected chi connectivity index (χ1v) is 10.3. The van der Waals surface area contributed by atoms with E-state index in [1.807, 2.05) is 4.90 Å². The fourth-order valence-corrected chi connectivity index (χ4v) is 3.77. The molecule has 0 bridgehead atoms. The fourth-order valence-electron chi connectivity index (χ4n) is 3.77. The van der Waals surface area contributed by atoms with Gasteiger partial charge in [-0.05, 0) is 31.7 Å². The molecule has 2 aliphatic rings. The average Bonchev–Trinajstić information content (AvgIpc) is 2.73. The molecule has 2 heterocycles. The number of piperazine rings is 1. The minimum absolute atomic E-state index is 0. The van der Waals surface area contributed by atoms with Gasteiger partial charge in [-0.15, -0.1) is 24.0 Å². The van der Waals surface area contributed by atoms with Crippen molar-refractivity contribution >= 4 is 35.8 Å². The lowest BCUT2D eigenvalue weighted by Crippen LogP contribution is -2.52. The molecular weight excluding hydrogens is 465 g/mol. The van der Waals surface area contributed by atoms with Gasteiger partial charge in [0.05, 0.1) is 0 Å². The van der Waals surface area contributed by atoms with Gasteiger partial charge in [0.2, 0.25) is 5.91 Å². The number of rotatable bonds is 5. The van der Waals surface area contributed by atoms with Gasteiger partial charge < -0.3 is 15.1 Å². The van der Waals surface area contributed by atoms with Crippen LogP contribution in [0.2, 0.25) is 0 Å². The Bertz CT molecular complexity index is 610. The Kier molecular flexibility index (Phi) is 10.0. The standard InChI is InChI=1S/C21H33N5O.HI/c1-2-22-21(23-17-20(27)25-11-7-4-8-12-25)26-15-13-24(14-16-26)18-19-9-5-3-6-10-19;/h3,5-6,9-10H,2,4,7-8,11-18H2,1H3,(H,22,23);1H. The lowest BCUT2D eigenvalue weighted by atomic mass is 10.1. The molecule has 2 aliphatic heterocycles. The van der Waals surface area contributed by atoms with E-state index in [4.69, 9.17) is 0 Å². The first-order chi connectivity index (χ1) is 13.3. The van der Waals surface area contributed by atoms with Gasteiger partial charge in [0, 0.05) is 52.4 Å². The number of nitrogens with zero attached hydrogens (tertiary/aromatic N) is 4. The monoisotopic (exact) mass is 499 g/mol. The van der Waals surface area contributed by atoms with Crippen molar-refractivity contribution in [2.45, 2.75) is 32.7 Å². The van der Waals surface area contributed by atoms with Gasteiger partial charge in [0.25, 0.3) is 0 Å². The highest BCUT2D eigenvalue weighted by molar-refractivity contribution is 14.0. The Labute approximate surface area is 186 Å². The third kappa shape index (κ3) is 6.92. The second-order valence-electron chi connectivity index (χ2n) is 7.36. The van der Waals surface area contributed by atoms with Crippen LogP contribution >= 0.6 is 24.0 Å². The minimum Gasteiger partial charge on any atom is -0.357 e. The molecule has 156 valence electrons. The van der Waals surface area contributed by atoms with E-state index in [1.165, 1.54) is 12.0 Å². The van der Waals surface area contributed by atoms with E-state index >= 15 is 0 Å². The highest BCUT2D eigenvalue weighted by Gasteiger charge is 2.21. The lowest BCUT2D eigenvalue weighted by molar-refractivity contribution is -0.130. The van der Waals surface area contributed by atoms with Crippen molar-refractivity contribution in [1.29, 1.82) is 0 Å². The van der Waals surface area contributed by atoms with Crippen molar-refractivity contribution in [3.63, 3.8) is 0 Å². The first kappa shape index (κ1) is 22.9. The van der Waals surface area contributed by atoms with Gasteiger partial charge in [-0.1, -0.05) is 30.3 Å². The molecule has 0 unspecified atom stereocenters. The summed E-state index contributed by atoms with van der Waals surface area (Å²) < 4.78 is 0. The topological polar surface area (TPSA) is 51.2 Å². The second kappa shape index (κ2) is 12.3. The minimum atomic E-state index is 0. The summed E-state index contributed by atoms with van der Waals surface area (Å²) in [7, 11) is 0. The molecule has 3 rings (SSSR count). The van der Waals surface area contributed by atoms with Crippen molar-refractivity contribution in [2.24, 2.45) is 4.99 Å². The number of carbonyl (C=O) groups is 1. The zero-order valence-corrected chi connectivity index (χ0v) is 19.3. The van der Waals surface area contributed by atoms with Crippen LogP contribution in [0.25, 0.3) is 0 Å². The molecule has 0 atom stereocenters. The third-order valence-corrected chi connectivity index (χ3v) is 5.33. The number of aliphatic imine (C=N–C) groups is 1. The van der Waals surface area contributed by atoms with Gasteiger partial charge in [0.1, 0.15) is 6.54 Å². The average molecular weight is 499 g/mol. The van der Waals surface area contributed by atoms with Gasteiger partial charge >= 0.3 is 0 Å². The Morgan fingerprint density at radius 1 is 0.964 bits per heavy atom. The van der Waals surface area contributed by atoms with Crippen molar-refractivity contribution in [3.05, 3.63) is 35.9 Å². The van der Waals surface area contributed by atoms with Crippen LogP contribution in [0.1, 0.15) is 31.7 Å². The van der Waals surface area contributed by atoms with Crippen LogP contribution in [-0.2, 0) is 11.3 Å². The van der Waals surface area contributed by atoms with Gasteiger partial charge in [0.15, 0.2) is 5.96 Å². The number of carbonyl (C=O) groups excluding carboxylic acids is 1. The molecule has 0 spiro atoms. The molecule has 1 N–H and O–H groups in total. The quantitative estimate of drug-likeness (QED) is 0.384. The van der Waals surface area contributed by atoms with E-state index in [2.05, 4.69) is 57.4 Å². The predicted octanol–water partition coefficient (Wildman–Crippen LogP) is 2.40. The van der Waals surface area contributed by atoms with Crippen LogP contribution in [0, 0.1) is 0 Å². The Morgan fingerprint density at radius 2 is 1.64 bits per heavy atom. The number of hydrogen-bond donors (Lipinski definition) is 1. The summed E-state index contributed by atoms with van der Waals surface area (Å²) in [6, 6.07) is 10.6. The van der Waals surface area contributed by atoms with E-state index in [9.17, 15) is 4.79 Å². The Morgan fingerprint density at radius 3 is 2.29 bits per heavy atom. The molecule has 2 fully saturated rings. The molecule has 2 saturated heterocycles. The summed E-state index contributed by atoms with van der Waals surface area (Å²) in [5, 5.41) is 3.36. The van der Waals surface area contributed by atoms with E-state index in [-0.39, 0.29) is 36.4 Å². The molecule has 0 saturated carbocycles. The van der Waals surface area contributed by atoms with Crippen molar-refractivity contribution in [3.8, 4) is 0 Å². The number of hydrogen-bond acceptors (Lipinski definition) is 3. The highest BCUT2D eigenvalue weighted by Crippen LogP contribution is 2.10. The SMILES string of the molecule is CCNC(=NCC(=O)N1CCCCC1)N1CCN(Cc2ccccc2)CC1.I. The van der Waals surface area contributed by atoms with Crippen molar-refractivity contribution in [2.75, 3.05) is 52.4 Å². The van der Waals surface area contributed by atoms with Crippen LogP contribution < -0.4 is 5.32 Å². The van der Waals surface area contributed by atoms with Crippen LogP contribution in [0.3, 0.4) is 0 Å². The summed E-state index contributed by atoms with van der Waals surface area (Å²) in [5.74, 6) is 1.04. The number of likely N-dealkylation sites (tertiary alicyclic amines) is 1. The van der Waals surface area contributed by atoms with Crippen LogP contribution in [0.15, 0.2) is 35.3 Å². The van der Waals surface area contributed by atoms with E-state index < -0.39 is 0 Å². The number of nitrogens with one attached hydrogen (secondary N) is 1. The molecule has 7 heteroatoms. The summed E-state index contributed by atoms with van der Waals surface area (Å²) in [6.07, 6.45) is 3.49. The van der Waals surface area contributed by atoms with Gasteiger partial charge in [-0.2, -0.15) is 0 Å². The number of amides is 1. The Balaban J connectivity index is 0.00000280. The highest BCUT2D eigenvalue weighted by atomic mass is 127. The fraction of sp³-hybridized carbons (Fsp3) is 0.619. The predicted molar refractivity (Wildman–Crippen MR) is 125 cm³/mol. The maximum Gasteiger partial charge on any atom is 0.244 e. The maximum atomic E-state index is 12.4. The summed E-state index contributed by atoms with van der Waals surface area (Å²) in [5.41, 5.74) is 1.36. The van der Waals surface area contributed by atoms with Crippen LogP contribution in [0.5, 0.6) is 0 Å². The molecule has 28 heavy (non-hydrogen) atoms. The molecule has 6 nitrogen and oxygen atoms in total. The van der Waals surface area contributed by atoms with Gasteiger partial charge in [-0.25, -0.2) is 4.99 Å². The first-order valence-electron chi connectivity index (χ1n) is 10.3. The second-order valence-corrected chi connectivity index (χ2v) is 7.36. The van der Waals surface area contributed by atoms with Crippen molar-refractivity contribution in [1.82, 2.24) is 20.0 Å². The zero-order chi connectivity index (χ0) is 18.9. The Hall–Kier alpha value is -1.35. The molecular formula is C21H34IN5O. The molecule has 0 aliphatic carbocycles. The summed E-state index contributed by atoms with van der Waals surface area (Å²) >= 11 is 0. The van der Waals surface area contributed by atoms with E-state index in [1.54, 1.807) is 0 Å². The summed E-state index contributed by atoms with van der Waals surface area (Å²) in [4.78, 5) is 23.8. The molecule has 1 aromatic rings. The van der Waals surface area contributed by atoms with Crippen LogP contribution in [-0.4, -0.2) is 78.9 Å². The molecule has 0 aromatic heterocycles. The number of halogens is 1. The van der Waals surface area contributed by atoms with Gasteiger partial charge in [-0.3, -0.25) is 9.69 Å². The number of guanidine groups is 1. The van der Waals surface area contributed by atoms with E-state index in [0.29, 0.717) is 0 Å². The van der Waals surface area contributed by atoms with Crippen molar-refractivity contribution < 1.29 is 4.79 Å². The normalized spacial score (nSPS) is 18.5. The number of benzene rings is 1. The molecule has 0 radical (unpaired) electrons. The van der Waals surface area contributed by atoms with Crippen LogP contribution in [0.4, 0.5) is 0 Å². The number of piperidine rings is 1. The third-order valence-electron chi connectivity index (χ3n) is 5.33. The smallest absolute Gasteiger partial charge is 0.244 e. The maximum absolute atomic E-state index is 12.4. The lowest BCUT2D eigenvalue weighted by Gasteiger charge is -2.36. The zero-order valence-electron chi connectivity index (χ0n) is 17.0. The molecule has 1 aromatic carbocycles. The largest absolute Gasteiger partial charge is 0.357 e. The van der Waals surface area contributed by atoms with E-state index in [0.717, 1.165) is 71.2 Å².